The molecule has 3 atom stereocenters. The number of rotatable bonds is 4. The van der Waals surface area contributed by atoms with Gasteiger partial charge in [0.15, 0.2) is 0 Å². The van der Waals surface area contributed by atoms with Gasteiger partial charge in [0.25, 0.3) is 0 Å². The summed E-state index contributed by atoms with van der Waals surface area (Å²) in [7, 11) is 2.17. The van der Waals surface area contributed by atoms with Crippen LogP contribution in [0.5, 0.6) is 0 Å². The molecule has 0 saturated carbocycles. The summed E-state index contributed by atoms with van der Waals surface area (Å²) in [4.78, 5) is 17.0. The zero-order valence-corrected chi connectivity index (χ0v) is 13.4. The average Bonchev–Trinajstić information content (AvgIpc) is 2.48. The summed E-state index contributed by atoms with van der Waals surface area (Å²) in [6.45, 7) is 9.55. The van der Waals surface area contributed by atoms with Gasteiger partial charge in [-0.15, -0.1) is 0 Å². The molecule has 2 aliphatic rings. The fourth-order valence-electron chi connectivity index (χ4n) is 3.55. The number of carbonyl (C=O) groups is 1. The molecule has 2 rings (SSSR count). The van der Waals surface area contributed by atoms with Crippen molar-refractivity contribution in [3.05, 3.63) is 0 Å². The van der Waals surface area contributed by atoms with Crippen molar-refractivity contribution >= 4 is 5.91 Å². The molecule has 4 heteroatoms. The highest BCUT2D eigenvalue weighted by Gasteiger charge is 2.28. The maximum Gasteiger partial charge on any atom is 0.222 e. The highest BCUT2D eigenvalue weighted by molar-refractivity contribution is 5.76. The van der Waals surface area contributed by atoms with Crippen LogP contribution in [-0.4, -0.2) is 61.5 Å². The molecule has 0 aromatic rings. The Kier molecular flexibility index (Phi) is 5.85. The number of carbonyl (C=O) groups excluding carboxylic acids is 1. The molecule has 116 valence electrons. The number of piperazine rings is 1. The van der Waals surface area contributed by atoms with Gasteiger partial charge in [-0.1, -0.05) is 13.8 Å². The van der Waals surface area contributed by atoms with Crippen molar-refractivity contribution in [1.29, 1.82) is 0 Å². The van der Waals surface area contributed by atoms with Crippen LogP contribution in [0.4, 0.5) is 0 Å². The summed E-state index contributed by atoms with van der Waals surface area (Å²) in [5.74, 6) is 1.56. The topological polar surface area (TPSA) is 35.6 Å². The number of amides is 1. The number of hydrogen-bond acceptors (Lipinski definition) is 3. The van der Waals surface area contributed by atoms with Gasteiger partial charge in [0.2, 0.25) is 5.91 Å². The van der Waals surface area contributed by atoms with E-state index < -0.39 is 0 Å². The summed E-state index contributed by atoms with van der Waals surface area (Å²) in [6.07, 6.45) is 4.40. The molecular formula is C16H31N3O. The summed E-state index contributed by atoms with van der Waals surface area (Å²) >= 11 is 0. The van der Waals surface area contributed by atoms with Gasteiger partial charge in [-0.2, -0.15) is 0 Å². The van der Waals surface area contributed by atoms with Crippen LogP contribution in [0.2, 0.25) is 0 Å². The van der Waals surface area contributed by atoms with Gasteiger partial charge in [-0.3, -0.25) is 9.69 Å². The van der Waals surface area contributed by atoms with Gasteiger partial charge >= 0.3 is 0 Å². The highest BCUT2D eigenvalue weighted by atomic mass is 16.2. The van der Waals surface area contributed by atoms with E-state index in [0.29, 0.717) is 23.8 Å². The van der Waals surface area contributed by atoms with E-state index in [4.69, 9.17) is 0 Å². The van der Waals surface area contributed by atoms with Crippen LogP contribution >= 0.6 is 0 Å². The second kappa shape index (κ2) is 7.41. The molecule has 2 saturated heterocycles. The molecule has 2 heterocycles. The third-order valence-corrected chi connectivity index (χ3v) is 5.24. The Hall–Kier alpha value is -0.610. The Labute approximate surface area is 123 Å². The largest absolute Gasteiger partial charge is 0.340 e. The Morgan fingerprint density at radius 2 is 2.20 bits per heavy atom. The molecule has 2 aliphatic heterocycles. The third kappa shape index (κ3) is 3.95. The van der Waals surface area contributed by atoms with Crippen molar-refractivity contribution < 1.29 is 4.79 Å². The van der Waals surface area contributed by atoms with Crippen LogP contribution < -0.4 is 5.32 Å². The van der Waals surface area contributed by atoms with E-state index in [9.17, 15) is 4.79 Å². The predicted molar refractivity (Wildman–Crippen MR) is 82.7 cm³/mol. The zero-order chi connectivity index (χ0) is 14.5. The lowest BCUT2D eigenvalue weighted by atomic mass is 9.85. The van der Waals surface area contributed by atoms with Crippen LogP contribution in [-0.2, 0) is 4.79 Å². The number of piperidine rings is 1. The lowest BCUT2D eigenvalue weighted by Crippen LogP contribution is -2.53. The molecular weight excluding hydrogens is 250 g/mol. The highest BCUT2D eigenvalue weighted by Crippen LogP contribution is 2.24. The first-order valence-corrected chi connectivity index (χ1v) is 8.30. The lowest BCUT2D eigenvalue weighted by molar-refractivity contribution is -0.135. The maximum absolute atomic E-state index is 12.5. The number of nitrogens with zero attached hydrogens (tertiary/aromatic N) is 2. The Morgan fingerprint density at radius 1 is 1.40 bits per heavy atom. The van der Waals surface area contributed by atoms with Crippen LogP contribution in [0.1, 0.15) is 39.5 Å². The average molecular weight is 281 g/mol. The van der Waals surface area contributed by atoms with Crippen molar-refractivity contribution in [3.8, 4) is 0 Å². The molecule has 0 bridgehead atoms. The van der Waals surface area contributed by atoms with Gasteiger partial charge in [0.1, 0.15) is 0 Å². The molecule has 2 fully saturated rings. The van der Waals surface area contributed by atoms with Crippen molar-refractivity contribution in [3.63, 3.8) is 0 Å². The Bertz CT molecular complexity index is 315. The van der Waals surface area contributed by atoms with Gasteiger partial charge in [0, 0.05) is 32.1 Å². The van der Waals surface area contributed by atoms with E-state index in [0.717, 1.165) is 45.6 Å². The number of nitrogens with one attached hydrogen (secondary N) is 1. The van der Waals surface area contributed by atoms with Crippen molar-refractivity contribution in [2.45, 2.75) is 45.6 Å². The molecule has 0 spiro atoms. The van der Waals surface area contributed by atoms with E-state index in [1.807, 2.05) is 0 Å². The second-order valence-corrected chi connectivity index (χ2v) is 6.67. The summed E-state index contributed by atoms with van der Waals surface area (Å²) < 4.78 is 0. The fraction of sp³-hybridized carbons (Fsp3) is 0.938. The van der Waals surface area contributed by atoms with E-state index in [2.05, 4.69) is 36.0 Å². The van der Waals surface area contributed by atoms with Crippen LogP contribution in [0, 0.1) is 11.8 Å². The standard InChI is InChI=1S/C16H31N3O/c1-4-15-12-19(9-8-18(15)3)16(20)10-13(2)14-6-5-7-17-11-14/h13-15,17H,4-12H2,1-3H3. The zero-order valence-electron chi connectivity index (χ0n) is 13.4. The van der Waals surface area contributed by atoms with Crippen LogP contribution in [0.3, 0.4) is 0 Å². The first kappa shape index (κ1) is 15.8. The molecule has 0 aliphatic carbocycles. The molecule has 3 unspecified atom stereocenters. The van der Waals surface area contributed by atoms with Crippen molar-refractivity contribution in [2.24, 2.45) is 11.8 Å². The van der Waals surface area contributed by atoms with E-state index in [1.54, 1.807) is 0 Å². The Morgan fingerprint density at radius 3 is 2.85 bits per heavy atom. The summed E-state index contributed by atoms with van der Waals surface area (Å²) in [6, 6.07) is 0.541. The normalized spacial score (nSPS) is 30.2. The van der Waals surface area contributed by atoms with Crippen LogP contribution in [0.15, 0.2) is 0 Å². The fourth-order valence-corrected chi connectivity index (χ4v) is 3.55. The minimum atomic E-state index is 0.370. The molecule has 0 radical (unpaired) electrons. The summed E-state index contributed by atoms with van der Waals surface area (Å²) in [5.41, 5.74) is 0. The first-order chi connectivity index (χ1) is 9.61. The predicted octanol–water partition coefficient (Wildman–Crippen LogP) is 1.56. The molecule has 1 amide bonds. The third-order valence-electron chi connectivity index (χ3n) is 5.24. The van der Waals surface area contributed by atoms with E-state index in [1.165, 1.54) is 12.8 Å². The lowest BCUT2D eigenvalue weighted by Gasteiger charge is -2.40. The smallest absolute Gasteiger partial charge is 0.222 e. The maximum atomic E-state index is 12.5. The Balaban J connectivity index is 1.81. The van der Waals surface area contributed by atoms with E-state index in [-0.39, 0.29) is 0 Å². The molecule has 1 N–H and O–H groups in total. The van der Waals surface area contributed by atoms with Crippen LogP contribution in [0.25, 0.3) is 0 Å². The molecule has 20 heavy (non-hydrogen) atoms. The second-order valence-electron chi connectivity index (χ2n) is 6.67. The minimum Gasteiger partial charge on any atom is -0.340 e. The first-order valence-electron chi connectivity index (χ1n) is 8.30. The number of hydrogen-bond donors (Lipinski definition) is 1. The quantitative estimate of drug-likeness (QED) is 0.849. The monoisotopic (exact) mass is 281 g/mol. The van der Waals surface area contributed by atoms with E-state index >= 15 is 0 Å². The van der Waals surface area contributed by atoms with Gasteiger partial charge in [-0.05, 0) is 51.2 Å². The van der Waals surface area contributed by atoms with Crippen molar-refractivity contribution in [1.82, 2.24) is 15.1 Å². The van der Waals surface area contributed by atoms with Crippen molar-refractivity contribution in [2.75, 3.05) is 39.8 Å². The summed E-state index contributed by atoms with van der Waals surface area (Å²) in [5, 5.41) is 3.46. The van der Waals surface area contributed by atoms with Gasteiger partial charge < -0.3 is 10.2 Å². The minimum absolute atomic E-state index is 0.370. The molecule has 4 nitrogen and oxygen atoms in total. The van der Waals surface area contributed by atoms with Gasteiger partial charge in [0.05, 0.1) is 0 Å². The molecule has 0 aromatic heterocycles. The SMILES string of the molecule is CCC1CN(C(=O)CC(C)C2CCCNC2)CCN1C. The number of likely N-dealkylation sites (N-methyl/N-ethyl adjacent to an activating group) is 1. The molecule has 0 aromatic carbocycles. The van der Waals surface area contributed by atoms with Gasteiger partial charge in [-0.25, -0.2) is 0 Å².